The van der Waals surface area contributed by atoms with Crippen LogP contribution in [0.2, 0.25) is 5.02 Å². The first kappa shape index (κ1) is 27.3. The van der Waals surface area contributed by atoms with Gasteiger partial charge in [0.15, 0.2) is 0 Å². The Labute approximate surface area is 222 Å². The van der Waals surface area contributed by atoms with Gasteiger partial charge in [0.2, 0.25) is 27.7 Å². The maximum atomic E-state index is 13.2. The van der Waals surface area contributed by atoms with Gasteiger partial charge in [-0.1, -0.05) is 37.6 Å². The van der Waals surface area contributed by atoms with Gasteiger partial charge in [0.25, 0.3) is 0 Å². The Morgan fingerprint density at radius 1 is 1.03 bits per heavy atom. The average Bonchev–Trinajstić information content (AvgIpc) is 3.21. The number of hydrogen-bond acceptors (Lipinski definition) is 5. The fraction of sp³-hybridized carbons (Fsp3) is 0.500. The smallest absolute Gasteiger partial charge is 0.245 e. The lowest BCUT2D eigenvalue weighted by Gasteiger charge is -2.36. The third-order valence-electron chi connectivity index (χ3n) is 7.05. The molecule has 2 aliphatic heterocycles. The lowest BCUT2D eigenvalue weighted by atomic mass is 10.0. The molecule has 2 aliphatic rings. The van der Waals surface area contributed by atoms with E-state index in [2.05, 4.69) is 10.0 Å². The van der Waals surface area contributed by atoms with Crippen molar-refractivity contribution in [2.75, 3.05) is 19.6 Å². The van der Waals surface area contributed by atoms with Gasteiger partial charge in [-0.25, -0.2) is 8.42 Å². The molecule has 9 nitrogen and oxygen atoms in total. The van der Waals surface area contributed by atoms with Gasteiger partial charge in [0, 0.05) is 36.6 Å². The Kier molecular flexibility index (Phi) is 8.11. The third kappa shape index (κ3) is 6.08. The summed E-state index contributed by atoms with van der Waals surface area (Å²) in [5.41, 5.74) is 0. The Morgan fingerprint density at radius 2 is 1.73 bits per heavy atom. The maximum Gasteiger partial charge on any atom is 0.245 e. The molecule has 3 atom stereocenters. The number of nitrogens with one attached hydrogen (secondary N) is 2. The van der Waals surface area contributed by atoms with E-state index in [1.54, 1.807) is 42.2 Å². The number of carbonyl (C=O) groups is 3. The fourth-order valence-corrected chi connectivity index (χ4v) is 6.31. The van der Waals surface area contributed by atoms with Crippen LogP contribution in [0.1, 0.15) is 40.0 Å². The van der Waals surface area contributed by atoms with Crippen LogP contribution in [0.15, 0.2) is 41.3 Å². The molecule has 0 bridgehead atoms. The SMILES string of the molecule is CC(C)C(=O)NC1CCCN(C(=O)C(C)N2CCC(NS(=O)(=O)c3ccc4cc(Cl)ccc4c3)C2=O)C1. The number of benzene rings is 2. The third-order valence-corrected chi connectivity index (χ3v) is 8.75. The van der Waals surface area contributed by atoms with Gasteiger partial charge in [-0.2, -0.15) is 4.72 Å². The van der Waals surface area contributed by atoms with Crippen LogP contribution in [0.4, 0.5) is 0 Å². The molecule has 37 heavy (non-hydrogen) atoms. The molecule has 4 rings (SSSR count). The summed E-state index contributed by atoms with van der Waals surface area (Å²) in [7, 11) is -3.96. The van der Waals surface area contributed by atoms with E-state index in [0.717, 1.165) is 23.6 Å². The number of piperidine rings is 1. The molecule has 0 spiro atoms. The van der Waals surface area contributed by atoms with E-state index in [4.69, 9.17) is 11.6 Å². The van der Waals surface area contributed by atoms with Crippen molar-refractivity contribution in [2.45, 2.75) is 63.1 Å². The van der Waals surface area contributed by atoms with Crippen LogP contribution in [-0.2, 0) is 24.4 Å². The second-order valence-corrected chi connectivity index (χ2v) is 12.3. The Hall–Kier alpha value is -2.69. The highest BCUT2D eigenvalue weighted by molar-refractivity contribution is 7.89. The van der Waals surface area contributed by atoms with Crippen molar-refractivity contribution in [3.05, 3.63) is 41.4 Å². The first-order valence-corrected chi connectivity index (χ1v) is 14.4. The minimum absolute atomic E-state index is 0.0487. The van der Waals surface area contributed by atoms with E-state index < -0.39 is 28.0 Å². The molecule has 0 aromatic heterocycles. The van der Waals surface area contributed by atoms with Crippen molar-refractivity contribution < 1.29 is 22.8 Å². The van der Waals surface area contributed by atoms with Gasteiger partial charge >= 0.3 is 0 Å². The molecule has 2 fully saturated rings. The number of fused-ring (bicyclic) bond motifs is 1. The molecule has 0 radical (unpaired) electrons. The summed E-state index contributed by atoms with van der Waals surface area (Å²) in [6.45, 7) is 6.54. The lowest BCUT2D eigenvalue weighted by molar-refractivity contribution is -0.144. The van der Waals surface area contributed by atoms with E-state index in [-0.39, 0.29) is 41.6 Å². The summed E-state index contributed by atoms with van der Waals surface area (Å²) in [4.78, 5) is 41.6. The zero-order valence-electron chi connectivity index (χ0n) is 21.2. The van der Waals surface area contributed by atoms with Crippen LogP contribution in [0, 0.1) is 5.92 Å². The van der Waals surface area contributed by atoms with Crippen LogP contribution in [0.25, 0.3) is 10.8 Å². The summed E-state index contributed by atoms with van der Waals surface area (Å²) in [6.07, 6.45) is 1.83. The minimum atomic E-state index is -3.96. The van der Waals surface area contributed by atoms with Crippen LogP contribution < -0.4 is 10.0 Å². The molecule has 200 valence electrons. The number of halogens is 1. The number of hydrogen-bond donors (Lipinski definition) is 2. The van der Waals surface area contributed by atoms with Crippen LogP contribution in [0.5, 0.6) is 0 Å². The molecule has 2 heterocycles. The van der Waals surface area contributed by atoms with E-state index >= 15 is 0 Å². The molecule has 2 aromatic rings. The van der Waals surface area contributed by atoms with Crippen molar-refractivity contribution in [2.24, 2.45) is 5.92 Å². The Morgan fingerprint density at radius 3 is 2.46 bits per heavy atom. The quantitative estimate of drug-likeness (QED) is 0.551. The van der Waals surface area contributed by atoms with E-state index in [0.29, 0.717) is 18.1 Å². The highest BCUT2D eigenvalue weighted by atomic mass is 35.5. The zero-order valence-corrected chi connectivity index (χ0v) is 22.8. The molecule has 2 saturated heterocycles. The molecule has 3 unspecified atom stereocenters. The van der Waals surface area contributed by atoms with Crippen LogP contribution >= 0.6 is 11.6 Å². The first-order chi connectivity index (χ1) is 17.5. The maximum absolute atomic E-state index is 13.2. The summed E-state index contributed by atoms with van der Waals surface area (Å²) >= 11 is 6.01. The normalized spacial score (nSPS) is 21.5. The summed E-state index contributed by atoms with van der Waals surface area (Å²) in [5, 5.41) is 5.07. The highest BCUT2D eigenvalue weighted by Gasteiger charge is 2.40. The zero-order chi connectivity index (χ0) is 26.9. The van der Waals surface area contributed by atoms with Crippen molar-refractivity contribution in [1.82, 2.24) is 19.8 Å². The molecule has 11 heteroatoms. The van der Waals surface area contributed by atoms with Crippen molar-refractivity contribution in [3.63, 3.8) is 0 Å². The summed E-state index contributed by atoms with van der Waals surface area (Å²) in [6, 6.07) is 8.09. The van der Waals surface area contributed by atoms with E-state index in [1.165, 1.54) is 11.0 Å². The molecule has 3 amide bonds. The van der Waals surface area contributed by atoms with Crippen molar-refractivity contribution >= 4 is 50.1 Å². The Balaban J connectivity index is 1.39. The topological polar surface area (TPSA) is 116 Å². The number of nitrogens with zero attached hydrogens (tertiary/aromatic N) is 2. The van der Waals surface area contributed by atoms with Gasteiger partial charge in [-0.3, -0.25) is 14.4 Å². The number of likely N-dealkylation sites (tertiary alicyclic amines) is 2. The number of sulfonamides is 1. The molecular formula is C26H33ClN4O5S. The van der Waals surface area contributed by atoms with E-state index in [9.17, 15) is 22.8 Å². The molecule has 0 saturated carbocycles. The molecule has 2 aromatic carbocycles. The van der Waals surface area contributed by atoms with Gasteiger partial charge < -0.3 is 15.1 Å². The summed E-state index contributed by atoms with van der Waals surface area (Å²) < 4.78 is 28.6. The van der Waals surface area contributed by atoms with Gasteiger partial charge in [-0.15, -0.1) is 0 Å². The number of amides is 3. The highest BCUT2D eigenvalue weighted by Crippen LogP contribution is 2.24. The predicted molar refractivity (Wildman–Crippen MR) is 141 cm³/mol. The van der Waals surface area contributed by atoms with Crippen LogP contribution in [-0.4, -0.2) is 73.7 Å². The summed E-state index contributed by atoms with van der Waals surface area (Å²) in [5.74, 6) is -0.805. The standard InChI is InChI=1S/C26H33ClN4O5S/c1-16(2)24(32)28-21-5-4-11-30(15-21)25(33)17(3)31-12-10-23(26(31)34)29-37(35,36)22-9-7-18-13-20(27)8-6-19(18)14-22/h6-9,13-14,16-17,21,23,29H,4-5,10-12,15H2,1-3H3,(H,28,32). The largest absolute Gasteiger partial charge is 0.351 e. The van der Waals surface area contributed by atoms with Crippen molar-refractivity contribution in [3.8, 4) is 0 Å². The predicted octanol–water partition coefficient (Wildman–Crippen LogP) is 2.52. The van der Waals surface area contributed by atoms with Crippen LogP contribution in [0.3, 0.4) is 0 Å². The number of carbonyl (C=O) groups excluding carboxylic acids is 3. The Bertz CT molecular complexity index is 1320. The van der Waals surface area contributed by atoms with E-state index in [1.807, 2.05) is 13.8 Å². The molecule has 2 N–H and O–H groups in total. The molecule has 0 aliphatic carbocycles. The van der Waals surface area contributed by atoms with Gasteiger partial charge in [0.1, 0.15) is 12.1 Å². The first-order valence-electron chi connectivity index (χ1n) is 12.6. The average molecular weight is 549 g/mol. The fourth-order valence-electron chi connectivity index (χ4n) is 4.87. The number of rotatable bonds is 7. The van der Waals surface area contributed by atoms with Crippen molar-refractivity contribution in [1.29, 1.82) is 0 Å². The minimum Gasteiger partial charge on any atom is -0.351 e. The second-order valence-electron chi connectivity index (χ2n) is 10.1. The van der Waals surface area contributed by atoms with Gasteiger partial charge in [-0.05, 0) is 61.2 Å². The monoisotopic (exact) mass is 548 g/mol. The second kappa shape index (κ2) is 11.0. The molecular weight excluding hydrogens is 516 g/mol. The lowest BCUT2D eigenvalue weighted by Crippen LogP contribution is -2.55. The van der Waals surface area contributed by atoms with Gasteiger partial charge in [0.05, 0.1) is 4.90 Å².